The van der Waals surface area contributed by atoms with Crippen LogP contribution in [0.3, 0.4) is 0 Å². The van der Waals surface area contributed by atoms with Crippen molar-refractivity contribution < 1.29 is 34.1 Å². The van der Waals surface area contributed by atoms with Crippen molar-refractivity contribution in [3.63, 3.8) is 0 Å². The minimum Gasteiger partial charge on any atom is -0.333 e. The van der Waals surface area contributed by atoms with Gasteiger partial charge in [-0.2, -0.15) is 14.7 Å². The van der Waals surface area contributed by atoms with E-state index in [-0.39, 0.29) is 42.6 Å². The van der Waals surface area contributed by atoms with Gasteiger partial charge in [-0.3, -0.25) is 4.79 Å². The minimum atomic E-state index is -0.729. The van der Waals surface area contributed by atoms with Gasteiger partial charge in [-0.25, -0.2) is 0 Å². The lowest BCUT2D eigenvalue weighted by Crippen LogP contribution is -2.07. The van der Waals surface area contributed by atoms with Crippen molar-refractivity contribution in [1.29, 1.82) is 0 Å². The van der Waals surface area contributed by atoms with Crippen LogP contribution in [0.5, 0.6) is 17.2 Å². The van der Waals surface area contributed by atoms with E-state index in [1.54, 1.807) is 0 Å². The molecule has 7 nitrogen and oxygen atoms in total. The number of hydrogen-bond donors (Lipinski definition) is 0. The van der Waals surface area contributed by atoms with Crippen LogP contribution in [0.2, 0.25) is 0 Å². The van der Waals surface area contributed by atoms with Crippen LogP contribution in [0.4, 0.5) is 0 Å². The smallest absolute Gasteiger partial charge is 0.257 e. The highest BCUT2D eigenvalue weighted by Crippen LogP contribution is 2.40. The van der Waals surface area contributed by atoms with Gasteiger partial charge in [0.05, 0.1) is 0 Å². The molecule has 0 radical (unpaired) electrons. The highest BCUT2D eigenvalue weighted by atomic mass is 35.5. The summed E-state index contributed by atoms with van der Waals surface area (Å²) in [6, 6.07) is 31.0. The third kappa shape index (κ3) is 7.56. The standard InChI is InChI=1S/C28H23ClO7/c29-28(30)24-16-25(34-31-18-21-10-4-1-5-11-21)27(36-33-20-23-14-8-3-9-15-23)26(17-24)35-32-19-22-12-6-2-7-13-22/h1-17H,18-20H2. The Kier molecular flexibility index (Phi) is 9.30. The van der Waals surface area contributed by atoms with Crippen molar-refractivity contribution in [3.8, 4) is 17.2 Å². The molecule has 0 N–H and O–H groups in total. The molecule has 0 spiro atoms. The first-order chi connectivity index (χ1) is 17.7. The molecule has 0 aliphatic carbocycles. The van der Waals surface area contributed by atoms with Crippen LogP contribution in [0.25, 0.3) is 0 Å². The molecular weight excluding hydrogens is 484 g/mol. The summed E-state index contributed by atoms with van der Waals surface area (Å²) in [6.07, 6.45) is 0. The zero-order chi connectivity index (χ0) is 25.0. The molecule has 0 amide bonds. The second kappa shape index (κ2) is 13.3. The number of carbonyl (C=O) groups is 1. The van der Waals surface area contributed by atoms with E-state index in [4.69, 9.17) is 40.9 Å². The van der Waals surface area contributed by atoms with Gasteiger partial charge in [-0.15, -0.1) is 0 Å². The zero-order valence-corrected chi connectivity index (χ0v) is 19.9. The van der Waals surface area contributed by atoms with Gasteiger partial charge in [-0.1, -0.05) is 91.0 Å². The van der Waals surface area contributed by atoms with Crippen molar-refractivity contribution in [2.45, 2.75) is 19.8 Å². The van der Waals surface area contributed by atoms with Crippen molar-refractivity contribution in [1.82, 2.24) is 0 Å². The highest BCUT2D eigenvalue weighted by Gasteiger charge is 2.22. The highest BCUT2D eigenvalue weighted by molar-refractivity contribution is 6.67. The Morgan fingerprint density at radius 1 is 0.556 bits per heavy atom. The Morgan fingerprint density at radius 3 is 1.28 bits per heavy atom. The van der Waals surface area contributed by atoms with Crippen molar-refractivity contribution in [3.05, 3.63) is 125 Å². The third-order valence-corrected chi connectivity index (χ3v) is 5.11. The fourth-order valence-corrected chi connectivity index (χ4v) is 3.21. The molecule has 0 aliphatic heterocycles. The summed E-state index contributed by atoms with van der Waals surface area (Å²) in [5.41, 5.74) is 2.74. The second-order valence-electron chi connectivity index (χ2n) is 7.57. The summed E-state index contributed by atoms with van der Waals surface area (Å²) in [4.78, 5) is 44.7. The Balaban J connectivity index is 1.53. The molecule has 0 bridgehead atoms. The fourth-order valence-electron chi connectivity index (χ4n) is 3.10. The van der Waals surface area contributed by atoms with E-state index in [1.807, 2.05) is 91.0 Å². The lowest BCUT2D eigenvalue weighted by Gasteiger charge is -2.15. The first-order valence-corrected chi connectivity index (χ1v) is 11.4. The minimum absolute atomic E-state index is 0.00808. The number of rotatable bonds is 13. The summed E-state index contributed by atoms with van der Waals surface area (Å²) in [7, 11) is 0. The van der Waals surface area contributed by atoms with Crippen LogP contribution in [0.15, 0.2) is 103 Å². The number of carbonyl (C=O) groups excluding carboxylic acids is 1. The van der Waals surface area contributed by atoms with Crippen molar-refractivity contribution in [2.24, 2.45) is 0 Å². The average Bonchev–Trinajstić information content (AvgIpc) is 2.91. The third-order valence-electron chi connectivity index (χ3n) is 4.89. The van der Waals surface area contributed by atoms with Crippen LogP contribution in [0, 0.1) is 0 Å². The first-order valence-electron chi connectivity index (χ1n) is 11.1. The molecule has 0 unspecified atom stereocenters. The maximum absolute atomic E-state index is 12.0. The van der Waals surface area contributed by atoms with Crippen LogP contribution in [-0.2, 0) is 34.5 Å². The molecule has 0 fully saturated rings. The summed E-state index contributed by atoms with van der Waals surface area (Å²) in [5.74, 6) is 0.0429. The molecule has 36 heavy (non-hydrogen) atoms. The molecule has 0 atom stereocenters. The summed E-state index contributed by atoms with van der Waals surface area (Å²) in [6.45, 7) is 0.432. The van der Waals surface area contributed by atoms with Gasteiger partial charge in [0.25, 0.3) is 11.0 Å². The van der Waals surface area contributed by atoms with E-state index < -0.39 is 5.24 Å². The van der Waals surface area contributed by atoms with Crippen LogP contribution >= 0.6 is 11.6 Å². The van der Waals surface area contributed by atoms with Gasteiger partial charge in [0.2, 0.25) is 11.5 Å². The van der Waals surface area contributed by atoms with Crippen LogP contribution in [0.1, 0.15) is 27.0 Å². The Bertz CT molecular complexity index is 1170. The molecule has 4 aromatic carbocycles. The van der Waals surface area contributed by atoms with E-state index in [0.717, 1.165) is 16.7 Å². The van der Waals surface area contributed by atoms with Gasteiger partial charge in [0.15, 0.2) is 0 Å². The first kappa shape index (κ1) is 25.2. The number of benzene rings is 4. The normalized spacial score (nSPS) is 10.6. The summed E-state index contributed by atoms with van der Waals surface area (Å²) < 4.78 is 0. The zero-order valence-electron chi connectivity index (χ0n) is 19.2. The quantitative estimate of drug-likeness (QED) is 0.115. The lowest BCUT2D eigenvalue weighted by molar-refractivity contribution is -0.250. The summed E-state index contributed by atoms with van der Waals surface area (Å²) >= 11 is 5.74. The molecule has 0 aliphatic rings. The van der Waals surface area contributed by atoms with Gasteiger partial charge < -0.3 is 14.7 Å². The van der Waals surface area contributed by atoms with Crippen LogP contribution in [-0.4, -0.2) is 5.24 Å². The predicted molar refractivity (Wildman–Crippen MR) is 132 cm³/mol. The Morgan fingerprint density at radius 2 is 0.917 bits per heavy atom. The molecule has 184 valence electrons. The van der Waals surface area contributed by atoms with Crippen LogP contribution < -0.4 is 14.7 Å². The molecular formula is C28H23ClO7. The van der Waals surface area contributed by atoms with Gasteiger partial charge in [-0.05, 0) is 28.3 Å². The van der Waals surface area contributed by atoms with Gasteiger partial charge in [0.1, 0.15) is 19.8 Å². The van der Waals surface area contributed by atoms with Crippen molar-refractivity contribution >= 4 is 16.8 Å². The fraction of sp³-hybridized carbons (Fsp3) is 0.107. The maximum atomic E-state index is 12.0. The van der Waals surface area contributed by atoms with E-state index in [9.17, 15) is 4.79 Å². The second-order valence-corrected chi connectivity index (χ2v) is 7.91. The maximum Gasteiger partial charge on any atom is 0.257 e. The van der Waals surface area contributed by atoms with E-state index in [1.165, 1.54) is 12.1 Å². The lowest BCUT2D eigenvalue weighted by atomic mass is 10.2. The molecule has 4 rings (SSSR count). The predicted octanol–water partition coefficient (Wildman–Crippen LogP) is 6.60. The van der Waals surface area contributed by atoms with E-state index >= 15 is 0 Å². The molecule has 0 heterocycles. The largest absolute Gasteiger partial charge is 0.333 e. The Hall–Kier alpha value is -3.88. The van der Waals surface area contributed by atoms with Gasteiger partial charge >= 0.3 is 0 Å². The SMILES string of the molecule is O=C(Cl)c1cc(OOCc2ccccc2)c(OOCc2ccccc2)c(OOCc2ccccc2)c1. The monoisotopic (exact) mass is 506 g/mol. The summed E-state index contributed by atoms with van der Waals surface area (Å²) in [5, 5.41) is -0.729. The van der Waals surface area contributed by atoms with E-state index in [0.29, 0.717) is 0 Å². The molecule has 0 saturated heterocycles. The average molecular weight is 507 g/mol. The van der Waals surface area contributed by atoms with Gasteiger partial charge in [0, 0.05) is 17.7 Å². The van der Waals surface area contributed by atoms with Crippen molar-refractivity contribution in [2.75, 3.05) is 0 Å². The number of halogens is 1. The molecule has 8 heteroatoms. The molecule has 0 saturated carbocycles. The number of hydrogen-bond acceptors (Lipinski definition) is 7. The molecule has 0 aromatic heterocycles. The topological polar surface area (TPSA) is 72.5 Å². The van der Waals surface area contributed by atoms with E-state index in [2.05, 4.69) is 0 Å². The Labute approximate surface area is 213 Å². The molecule has 4 aromatic rings.